The van der Waals surface area contributed by atoms with Crippen LogP contribution in [0.1, 0.15) is 31.2 Å². The van der Waals surface area contributed by atoms with Gasteiger partial charge in [-0.3, -0.25) is 4.99 Å². The van der Waals surface area contributed by atoms with E-state index in [9.17, 15) is 0 Å². The molecule has 1 aliphatic heterocycles. The molecule has 1 aromatic carbocycles. The molecule has 0 aromatic heterocycles. The molecule has 3 nitrogen and oxygen atoms in total. The minimum Gasteiger partial charge on any atom is -0.343 e. The second kappa shape index (κ2) is 5.83. The fraction of sp³-hybridized carbons (Fsp3) is 0.385. The van der Waals surface area contributed by atoms with Crippen molar-refractivity contribution in [1.29, 1.82) is 5.26 Å². The van der Waals surface area contributed by atoms with Crippen molar-refractivity contribution in [3.8, 4) is 6.07 Å². The van der Waals surface area contributed by atoms with Gasteiger partial charge in [-0.1, -0.05) is 6.42 Å². The second-order valence-corrected chi connectivity index (χ2v) is 4.92. The number of halogens is 1. The summed E-state index contributed by atoms with van der Waals surface area (Å²) in [5, 5.41) is 12.1. The number of rotatable bonds is 1. The summed E-state index contributed by atoms with van der Waals surface area (Å²) in [5.74, 6) is 1.05. The van der Waals surface area contributed by atoms with Gasteiger partial charge in [-0.2, -0.15) is 5.26 Å². The van der Waals surface area contributed by atoms with Crippen LogP contribution in [0.25, 0.3) is 0 Å². The Balaban J connectivity index is 2.13. The molecule has 1 aromatic rings. The first-order valence-corrected chi connectivity index (χ1v) is 6.59. The standard InChI is InChI=1S/C13H14BrN3/c14-11-8-10(9-15)5-6-12(11)17-13-4-2-1-3-7-16-13/h5-6,8H,1-4,7H2,(H,16,17). The van der Waals surface area contributed by atoms with E-state index >= 15 is 0 Å². The van der Waals surface area contributed by atoms with Gasteiger partial charge in [-0.05, 0) is 47.0 Å². The first-order valence-electron chi connectivity index (χ1n) is 5.79. The topological polar surface area (TPSA) is 48.2 Å². The van der Waals surface area contributed by atoms with Crippen LogP contribution in [0.2, 0.25) is 0 Å². The molecule has 1 heterocycles. The highest BCUT2D eigenvalue weighted by Gasteiger charge is 2.07. The number of amidine groups is 1. The van der Waals surface area contributed by atoms with E-state index in [1.807, 2.05) is 18.2 Å². The SMILES string of the molecule is N#Cc1ccc(NC2=NCCCCC2)c(Br)c1. The zero-order valence-corrected chi connectivity index (χ0v) is 11.1. The van der Waals surface area contributed by atoms with Gasteiger partial charge in [-0.15, -0.1) is 0 Å². The summed E-state index contributed by atoms with van der Waals surface area (Å²) in [5.41, 5.74) is 1.63. The van der Waals surface area contributed by atoms with Gasteiger partial charge in [0.15, 0.2) is 0 Å². The molecule has 0 unspecified atom stereocenters. The Labute approximate surface area is 110 Å². The highest BCUT2D eigenvalue weighted by Crippen LogP contribution is 2.24. The number of benzene rings is 1. The number of anilines is 1. The molecule has 0 aliphatic carbocycles. The van der Waals surface area contributed by atoms with E-state index in [-0.39, 0.29) is 0 Å². The summed E-state index contributed by atoms with van der Waals surface area (Å²) in [7, 11) is 0. The van der Waals surface area contributed by atoms with Crippen LogP contribution >= 0.6 is 15.9 Å². The minimum atomic E-state index is 0.658. The lowest BCUT2D eigenvalue weighted by Crippen LogP contribution is -2.11. The molecule has 1 N–H and O–H groups in total. The highest BCUT2D eigenvalue weighted by atomic mass is 79.9. The predicted octanol–water partition coefficient (Wildman–Crippen LogP) is 3.71. The van der Waals surface area contributed by atoms with Gasteiger partial charge in [0.2, 0.25) is 0 Å². The molecular formula is C13H14BrN3. The zero-order chi connectivity index (χ0) is 12.1. The average molecular weight is 292 g/mol. The average Bonchev–Trinajstić information content (AvgIpc) is 2.60. The summed E-state index contributed by atoms with van der Waals surface area (Å²) >= 11 is 3.47. The first kappa shape index (κ1) is 12.1. The van der Waals surface area contributed by atoms with E-state index in [4.69, 9.17) is 5.26 Å². The number of nitrogens with one attached hydrogen (secondary N) is 1. The van der Waals surface area contributed by atoms with E-state index in [0.717, 1.165) is 29.0 Å². The maximum atomic E-state index is 8.80. The van der Waals surface area contributed by atoms with Crippen molar-refractivity contribution >= 4 is 27.5 Å². The first-order chi connectivity index (χ1) is 8.29. The molecule has 0 amide bonds. The Kier molecular flexibility index (Phi) is 4.16. The number of nitriles is 1. The minimum absolute atomic E-state index is 0.658. The Bertz CT molecular complexity index is 474. The Morgan fingerprint density at radius 2 is 2.18 bits per heavy atom. The van der Waals surface area contributed by atoms with E-state index in [1.54, 1.807) is 0 Å². The predicted molar refractivity (Wildman–Crippen MR) is 73.2 cm³/mol. The Morgan fingerprint density at radius 1 is 1.29 bits per heavy atom. The van der Waals surface area contributed by atoms with Crippen LogP contribution in [-0.2, 0) is 0 Å². The summed E-state index contributed by atoms with van der Waals surface area (Å²) in [6.45, 7) is 0.913. The highest BCUT2D eigenvalue weighted by molar-refractivity contribution is 9.10. The second-order valence-electron chi connectivity index (χ2n) is 4.07. The van der Waals surface area contributed by atoms with Crippen molar-refractivity contribution in [2.24, 2.45) is 4.99 Å². The summed E-state index contributed by atoms with van der Waals surface area (Å²) in [4.78, 5) is 4.52. The van der Waals surface area contributed by atoms with Crippen LogP contribution < -0.4 is 5.32 Å². The van der Waals surface area contributed by atoms with Gasteiger partial charge >= 0.3 is 0 Å². The smallest absolute Gasteiger partial charge is 0.101 e. The van der Waals surface area contributed by atoms with E-state index < -0.39 is 0 Å². The van der Waals surface area contributed by atoms with Crippen LogP contribution in [0.5, 0.6) is 0 Å². The molecule has 0 bridgehead atoms. The van der Waals surface area contributed by atoms with Crippen molar-refractivity contribution in [1.82, 2.24) is 0 Å². The molecule has 0 saturated heterocycles. The monoisotopic (exact) mass is 291 g/mol. The van der Waals surface area contributed by atoms with Gasteiger partial charge in [-0.25, -0.2) is 0 Å². The van der Waals surface area contributed by atoms with Gasteiger partial charge < -0.3 is 5.32 Å². The number of hydrogen-bond acceptors (Lipinski definition) is 3. The van der Waals surface area contributed by atoms with Crippen LogP contribution in [0.15, 0.2) is 27.7 Å². The van der Waals surface area contributed by atoms with Crippen molar-refractivity contribution < 1.29 is 0 Å². The summed E-state index contributed by atoms with van der Waals surface area (Å²) in [6, 6.07) is 7.66. The maximum Gasteiger partial charge on any atom is 0.101 e. The third-order valence-corrected chi connectivity index (χ3v) is 3.41. The van der Waals surface area contributed by atoms with E-state index in [0.29, 0.717) is 5.56 Å². The molecule has 88 valence electrons. The van der Waals surface area contributed by atoms with Crippen LogP contribution in [0.4, 0.5) is 5.69 Å². The lowest BCUT2D eigenvalue weighted by Gasteiger charge is -2.10. The lowest BCUT2D eigenvalue weighted by atomic mass is 10.2. The molecule has 0 radical (unpaired) electrons. The summed E-state index contributed by atoms with van der Waals surface area (Å²) < 4.78 is 0.906. The van der Waals surface area contributed by atoms with Crippen molar-refractivity contribution in [2.75, 3.05) is 11.9 Å². The molecule has 1 aliphatic rings. The van der Waals surface area contributed by atoms with Crippen LogP contribution in [0, 0.1) is 11.3 Å². The van der Waals surface area contributed by atoms with Crippen molar-refractivity contribution in [2.45, 2.75) is 25.7 Å². The van der Waals surface area contributed by atoms with Gasteiger partial charge in [0.25, 0.3) is 0 Å². The molecule has 0 saturated carbocycles. The van der Waals surface area contributed by atoms with Gasteiger partial charge in [0.05, 0.1) is 17.3 Å². The largest absolute Gasteiger partial charge is 0.343 e. The Hall–Kier alpha value is -1.34. The summed E-state index contributed by atoms with van der Waals surface area (Å²) in [6.07, 6.45) is 4.63. The van der Waals surface area contributed by atoms with Gasteiger partial charge in [0.1, 0.15) is 5.84 Å². The maximum absolute atomic E-state index is 8.80. The molecule has 4 heteroatoms. The molecule has 0 fully saturated rings. The number of hydrogen-bond donors (Lipinski definition) is 1. The molecule has 0 atom stereocenters. The van der Waals surface area contributed by atoms with E-state index in [1.165, 1.54) is 19.3 Å². The molecule has 0 spiro atoms. The lowest BCUT2D eigenvalue weighted by molar-refractivity contribution is 0.731. The van der Waals surface area contributed by atoms with Crippen LogP contribution in [0.3, 0.4) is 0 Å². The van der Waals surface area contributed by atoms with Gasteiger partial charge in [0, 0.05) is 17.4 Å². The van der Waals surface area contributed by atoms with Crippen LogP contribution in [-0.4, -0.2) is 12.4 Å². The van der Waals surface area contributed by atoms with Crippen molar-refractivity contribution in [3.05, 3.63) is 28.2 Å². The van der Waals surface area contributed by atoms with Crippen molar-refractivity contribution in [3.63, 3.8) is 0 Å². The fourth-order valence-electron chi connectivity index (χ4n) is 1.82. The molecule has 17 heavy (non-hydrogen) atoms. The third kappa shape index (κ3) is 3.31. The third-order valence-electron chi connectivity index (χ3n) is 2.75. The normalized spacial score (nSPS) is 15.6. The number of nitrogens with zero attached hydrogens (tertiary/aromatic N) is 2. The van der Waals surface area contributed by atoms with E-state index in [2.05, 4.69) is 32.3 Å². The molecular weight excluding hydrogens is 278 g/mol. The zero-order valence-electron chi connectivity index (χ0n) is 9.54. The molecule has 2 rings (SSSR count). The Morgan fingerprint density at radius 3 is 2.94 bits per heavy atom. The fourth-order valence-corrected chi connectivity index (χ4v) is 2.30. The number of aliphatic imine (C=N–C) groups is 1. The quantitative estimate of drug-likeness (QED) is 0.857.